The summed E-state index contributed by atoms with van der Waals surface area (Å²) in [6.45, 7) is 0. The molecule has 2 aromatic rings. The number of nitrogens with one attached hydrogen (secondary N) is 2. The van der Waals surface area contributed by atoms with Crippen molar-refractivity contribution in [3.05, 3.63) is 34.7 Å². The fourth-order valence-electron chi connectivity index (χ4n) is 1.85. The molecule has 1 aromatic carbocycles. The van der Waals surface area contributed by atoms with E-state index in [9.17, 15) is 14.0 Å². The van der Waals surface area contributed by atoms with Crippen LogP contribution in [-0.4, -0.2) is 16.9 Å². The second kappa shape index (κ2) is 5.27. The number of amides is 3. The van der Waals surface area contributed by atoms with E-state index in [2.05, 4.69) is 4.98 Å². The molecule has 2 rings (SSSR count). The molecule has 1 heterocycles. The molecule has 0 bridgehead atoms. The maximum absolute atomic E-state index is 13.2. The molecular formula is C12H11ClFN3O2. The first kappa shape index (κ1) is 13.4. The van der Waals surface area contributed by atoms with Crippen molar-refractivity contribution in [2.75, 3.05) is 0 Å². The zero-order valence-electron chi connectivity index (χ0n) is 9.80. The third-order valence-corrected chi connectivity index (χ3v) is 3.09. The molecule has 19 heavy (non-hydrogen) atoms. The summed E-state index contributed by atoms with van der Waals surface area (Å²) in [5.41, 5.74) is 6.14. The van der Waals surface area contributed by atoms with Gasteiger partial charge in [-0.3, -0.25) is 10.1 Å². The SMILES string of the molecule is NC(=O)NC(=O)CCc1c[nH]c2c(Cl)c(F)ccc12. The zero-order valence-corrected chi connectivity index (χ0v) is 10.6. The van der Waals surface area contributed by atoms with Crippen LogP contribution >= 0.6 is 11.6 Å². The standard InChI is InChI=1S/C12H11ClFN3O2/c13-10-8(14)3-2-7-6(5-16-11(7)10)1-4-9(18)17-12(15)19/h2-3,5,16H,1,4H2,(H3,15,17,18,19). The lowest BCUT2D eigenvalue weighted by Gasteiger charge is -2.01. The quantitative estimate of drug-likeness (QED) is 0.805. The van der Waals surface area contributed by atoms with Gasteiger partial charge in [0, 0.05) is 18.0 Å². The van der Waals surface area contributed by atoms with Crippen molar-refractivity contribution in [2.45, 2.75) is 12.8 Å². The highest BCUT2D eigenvalue weighted by molar-refractivity contribution is 6.35. The summed E-state index contributed by atoms with van der Waals surface area (Å²) < 4.78 is 13.2. The van der Waals surface area contributed by atoms with Crippen LogP contribution in [0, 0.1) is 5.82 Å². The summed E-state index contributed by atoms with van der Waals surface area (Å²) in [7, 11) is 0. The molecule has 0 aliphatic rings. The van der Waals surface area contributed by atoms with Crippen molar-refractivity contribution in [1.82, 2.24) is 10.3 Å². The molecule has 3 amide bonds. The first-order valence-electron chi connectivity index (χ1n) is 5.52. The van der Waals surface area contributed by atoms with Gasteiger partial charge in [-0.25, -0.2) is 9.18 Å². The molecule has 0 radical (unpaired) electrons. The number of aryl methyl sites for hydroxylation is 1. The summed E-state index contributed by atoms with van der Waals surface area (Å²) in [4.78, 5) is 24.7. The van der Waals surface area contributed by atoms with E-state index in [1.165, 1.54) is 6.07 Å². The van der Waals surface area contributed by atoms with Gasteiger partial charge in [-0.15, -0.1) is 0 Å². The second-order valence-electron chi connectivity index (χ2n) is 4.01. The topological polar surface area (TPSA) is 88.0 Å². The number of H-pyrrole nitrogens is 1. The molecule has 5 nitrogen and oxygen atoms in total. The van der Waals surface area contributed by atoms with E-state index >= 15 is 0 Å². The summed E-state index contributed by atoms with van der Waals surface area (Å²) in [5.74, 6) is -0.968. The van der Waals surface area contributed by atoms with E-state index in [-0.39, 0.29) is 11.4 Å². The first-order chi connectivity index (χ1) is 8.99. The van der Waals surface area contributed by atoms with Crippen LogP contribution in [0.5, 0.6) is 0 Å². The van der Waals surface area contributed by atoms with E-state index < -0.39 is 17.8 Å². The summed E-state index contributed by atoms with van der Waals surface area (Å²) >= 11 is 5.82. The molecule has 7 heteroatoms. The molecule has 0 aliphatic carbocycles. The second-order valence-corrected chi connectivity index (χ2v) is 4.39. The Hall–Kier alpha value is -2.08. The summed E-state index contributed by atoms with van der Waals surface area (Å²) in [6.07, 6.45) is 2.15. The predicted octanol–water partition coefficient (Wildman–Crippen LogP) is 2.09. The van der Waals surface area contributed by atoms with Gasteiger partial charge in [0.25, 0.3) is 0 Å². The van der Waals surface area contributed by atoms with E-state index in [1.54, 1.807) is 12.3 Å². The van der Waals surface area contributed by atoms with E-state index in [0.29, 0.717) is 11.9 Å². The molecule has 0 aliphatic heterocycles. The highest BCUT2D eigenvalue weighted by Gasteiger charge is 2.12. The number of primary amides is 1. The van der Waals surface area contributed by atoms with Gasteiger partial charge >= 0.3 is 6.03 Å². The van der Waals surface area contributed by atoms with Crippen LogP contribution in [-0.2, 0) is 11.2 Å². The van der Waals surface area contributed by atoms with Crippen LogP contribution in [0.15, 0.2) is 18.3 Å². The van der Waals surface area contributed by atoms with Crippen molar-refractivity contribution in [1.29, 1.82) is 0 Å². The lowest BCUT2D eigenvalue weighted by Crippen LogP contribution is -2.35. The molecule has 4 N–H and O–H groups in total. The number of benzene rings is 1. The van der Waals surface area contributed by atoms with Gasteiger partial charge in [-0.1, -0.05) is 11.6 Å². The van der Waals surface area contributed by atoms with Crippen molar-refractivity contribution < 1.29 is 14.0 Å². The molecule has 0 spiro atoms. The number of imide groups is 1. The number of nitrogens with two attached hydrogens (primary N) is 1. The Kier molecular flexibility index (Phi) is 3.71. The smallest absolute Gasteiger partial charge is 0.318 e. The van der Waals surface area contributed by atoms with Gasteiger partial charge in [-0.2, -0.15) is 0 Å². The Morgan fingerprint density at radius 1 is 1.42 bits per heavy atom. The van der Waals surface area contributed by atoms with E-state index in [0.717, 1.165) is 10.9 Å². The largest absolute Gasteiger partial charge is 0.360 e. The Morgan fingerprint density at radius 2 is 2.16 bits per heavy atom. The summed E-state index contributed by atoms with van der Waals surface area (Å²) in [5, 5.41) is 2.74. The lowest BCUT2D eigenvalue weighted by molar-refractivity contribution is -0.119. The number of hydrogen-bond donors (Lipinski definition) is 3. The van der Waals surface area contributed by atoms with Gasteiger partial charge < -0.3 is 10.7 Å². The lowest BCUT2D eigenvalue weighted by atomic mass is 10.1. The monoisotopic (exact) mass is 283 g/mol. The highest BCUT2D eigenvalue weighted by atomic mass is 35.5. The third kappa shape index (κ3) is 2.85. The predicted molar refractivity (Wildman–Crippen MR) is 69.3 cm³/mol. The molecule has 0 fully saturated rings. The molecule has 0 saturated heterocycles. The number of halogens is 2. The fourth-order valence-corrected chi connectivity index (χ4v) is 2.07. The molecule has 0 saturated carbocycles. The number of hydrogen-bond acceptors (Lipinski definition) is 2. The van der Waals surface area contributed by atoms with Crippen molar-refractivity contribution in [3.63, 3.8) is 0 Å². The molecule has 0 atom stereocenters. The fraction of sp³-hybridized carbons (Fsp3) is 0.167. The summed E-state index contributed by atoms with van der Waals surface area (Å²) in [6, 6.07) is 1.98. The molecular weight excluding hydrogens is 273 g/mol. The van der Waals surface area contributed by atoms with Gasteiger partial charge in [0.1, 0.15) is 10.8 Å². The van der Waals surface area contributed by atoms with Crippen LogP contribution in [0.1, 0.15) is 12.0 Å². The van der Waals surface area contributed by atoms with Crippen molar-refractivity contribution in [2.24, 2.45) is 5.73 Å². The van der Waals surface area contributed by atoms with E-state index in [4.69, 9.17) is 17.3 Å². The first-order valence-corrected chi connectivity index (χ1v) is 5.90. The average Bonchev–Trinajstić information content (AvgIpc) is 2.74. The van der Waals surface area contributed by atoms with Crippen molar-refractivity contribution in [3.8, 4) is 0 Å². The number of aromatic amines is 1. The third-order valence-electron chi connectivity index (χ3n) is 2.72. The highest BCUT2D eigenvalue weighted by Crippen LogP contribution is 2.28. The zero-order chi connectivity index (χ0) is 14.0. The number of rotatable bonds is 3. The number of fused-ring (bicyclic) bond motifs is 1. The number of carbonyl (C=O) groups is 2. The normalized spacial score (nSPS) is 10.6. The number of urea groups is 1. The van der Waals surface area contributed by atoms with Crippen LogP contribution in [0.3, 0.4) is 0 Å². The Morgan fingerprint density at radius 3 is 2.84 bits per heavy atom. The van der Waals surface area contributed by atoms with Gasteiger partial charge in [0.05, 0.1) is 5.52 Å². The van der Waals surface area contributed by atoms with Crippen LogP contribution in [0.2, 0.25) is 5.02 Å². The maximum atomic E-state index is 13.2. The van der Waals surface area contributed by atoms with Gasteiger partial charge in [-0.05, 0) is 24.1 Å². The minimum atomic E-state index is -0.881. The van der Waals surface area contributed by atoms with Gasteiger partial charge in [0.2, 0.25) is 5.91 Å². The Labute approximate surface area is 112 Å². The van der Waals surface area contributed by atoms with Crippen LogP contribution < -0.4 is 11.1 Å². The van der Waals surface area contributed by atoms with Gasteiger partial charge in [0.15, 0.2) is 0 Å². The van der Waals surface area contributed by atoms with Crippen molar-refractivity contribution >= 4 is 34.4 Å². The molecule has 1 aromatic heterocycles. The van der Waals surface area contributed by atoms with E-state index in [1.807, 2.05) is 5.32 Å². The average molecular weight is 284 g/mol. The maximum Gasteiger partial charge on any atom is 0.318 e. The minimum Gasteiger partial charge on any atom is -0.360 e. The Bertz CT molecular complexity index is 654. The Balaban J connectivity index is 2.16. The number of carbonyl (C=O) groups excluding carboxylic acids is 2. The van der Waals surface area contributed by atoms with Crippen LogP contribution in [0.4, 0.5) is 9.18 Å². The minimum absolute atomic E-state index is 0.0188. The molecule has 100 valence electrons. The van der Waals surface area contributed by atoms with Crippen LogP contribution in [0.25, 0.3) is 10.9 Å². The number of aromatic nitrogens is 1. The molecule has 0 unspecified atom stereocenters.